The second-order valence-electron chi connectivity index (χ2n) is 7.34. The first-order valence-corrected chi connectivity index (χ1v) is 9.36. The van der Waals surface area contributed by atoms with Crippen molar-refractivity contribution in [3.8, 4) is 0 Å². The number of piperidine rings is 1. The number of alkyl halides is 3. The highest BCUT2D eigenvalue weighted by Gasteiger charge is 2.31. The largest absolute Gasteiger partial charge is 0.419 e. The fraction of sp³-hybridized carbons (Fsp3) is 0.421. The molecule has 0 amide bonds. The molecule has 10 heteroatoms. The molecule has 4 rings (SSSR count). The van der Waals surface area contributed by atoms with Crippen LogP contribution in [-0.2, 0) is 13.2 Å². The number of anilines is 3. The fourth-order valence-corrected chi connectivity index (χ4v) is 3.69. The van der Waals surface area contributed by atoms with Gasteiger partial charge in [-0.05, 0) is 37.5 Å². The third-order valence-electron chi connectivity index (χ3n) is 5.34. The Bertz CT molecular complexity index is 1030. The molecular formula is C19H22F3N7. The molecule has 3 aromatic rings. The molecule has 0 bridgehead atoms. The van der Waals surface area contributed by atoms with Gasteiger partial charge in [-0.2, -0.15) is 13.2 Å². The maximum absolute atomic E-state index is 12.7. The van der Waals surface area contributed by atoms with Crippen molar-refractivity contribution >= 4 is 28.6 Å². The molecule has 1 saturated heterocycles. The number of nitrogens with two attached hydrogens (primary N) is 1. The van der Waals surface area contributed by atoms with Crippen LogP contribution in [0, 0.1) is 6.92 Å². The summed E-state index contributed by atoms with van der Waals surface area (Å²) < 4.78 is 40.1. The molecule has 3 N–H and O–H groups in total. The summed E-state index contributed by atoms with van der Waals surface area (Å²) in [5, 5.41) is 3.14. The van der Waals surface area contributed by atoms with E-state index in [-0.39, 0.29) is 12.0 Å². The number of imidazole rings is 1. The van der Waals surface area contributed by atoms with Gasteiger partial charge in [0.2, 0.25) is 11.9 Å². The smallest absolute Gasteiger partial charge is 0.398 e. The van der Waals surface area contributed by atoms with Gasteiger partial charge in [0, 0.05) is 44.3 Å². The van der Waals surface area contributed by atoms with Gasteiger partial charge in [-0.1, -0.05) is 0 Å². The molecule has 1 atom stereocenters. The molecule has 154 valence electrons. The maximum Gasteiger partial charge on any atom is 0.419 e. The quantitative estimate of drug-likeness (QED) is 0.650. The minimum Gasteiger partial charge on any atom is -0.398 e. The van der Waals surface area contributed by atoms with Crippen LogP contribution in [0.15, 0.2) is 24.5 Å². The van der Waals surface area contributed by atoms with E-state index in [1.807, 2.05) is 30.7 Å². The molecule has 1 aliphatic heterocycles. The van der Waals surface area contributed by atoms with Crippen molar-refractivity contribution in [3.05, 3.63) is 35.7 Å². The number of hydrogen-bond acceptors (Lipinski definition) is 6. The van der Waals surface area contributed by atoms with Crippen molar-refractivity contribution in [1.82, 2.24) is 19.5 Å². The number of benzene rings is 1. The Balaban J connectivity index is 1.52. The SMILES string of the molecule is Cc1c(N)ccc2c1nc(N1CCCC(Nc3ncc(C(F)(F)F)cn3)C1)n2C. The zero-order chi connectivity index (χ0) is 20.8. The number of nitrogens with zero attached hydrogens (tertiary/aromatic N) is 5. The summed E-state index contributed by atoms with van der Waals surface area (Å²) in [5.41, 5.74) is 8.70. The Morgan fingerprint density at radius 1 is 1.21 bits per heavy atom. The van der Waals surface area contributed by atoms with Crippen molar-refractivity contribution in [2.75, 3.05) is 29.0 Å². The van der Waals surface area contributed by atoms with E-state index in [1.54, 1.807) is 0 Å². The van der Waals surface area contributed by atoms with Crippen LogP contribution in [0.1, 0.15) is 24.0 Å². The van der Waals surface area contributed by atoms with E-state index >= 15 is 0 Å². The van der Waals surface area contributed by atoms with E-state index in [4.69, 9.17) is 10.7 Å². The molecule has 0 saturated carbocycles. The van der Waals surface area contributed by atoms with Gasteiger partial charge in [0.25, 0.3) is 0 Å². The Hall–Kier alpha value is -3.04. The summed E-state index contributed by atoms with van der Waals surface area (Å²) in [6.07, 6.45) is -1.05. The van der Waals surface area contributed by atoms with Gasteiger partial charge in [0.1, 0.15) is 0 Å². The lowest BCUT2D eigenvalue weighted by atomic mass is 10.1. The molecule has 1 unspecified atom stereocenters. The summed E-state index contributed by atoms with van der Waals surface area (Å²) in [6.45, 7) is 3.45. The molecule has 1 aliphatic rings. The molecule has 0 radical (unpaired) electrons. The molecule has 3 heterocycles. The highest BCUT2D eigenvalue weighted by atomic mass is 19.4. The molecule has 7 nitrogen and oxygen atoms in total. The van der Waals surface area contributed by atoms with Crippen molar-refractivity contribution in [2.45, 2.75) is 32.0 Å². The number of hydrogen-bond donors (Lipinski definition) is 2. The number of fused-ring (bicyclic) bond motifs is 1. The van der Waals surface area contributed by atoms with Crippen LogP contribution in [0.2, 0.25) is 0 Å². The van der Waals surface area contributed by atoms with Gasteiger partial charge in [0.05, 0.1) is 16.6 Å². The standard InChI is InChI=1S/C19H22F3N7/c1-11-14(23)5-6-15-16(11)27-18(28(15)2)29-7-3-4-13(10-29)26-17-24-8-12(9-25-17)19(20,21)22/h5-6,8-9,13H,3-4,7,10,23H2,1-2H3,(H,24,25,26). The number of aromatic nitrogens is 4. The van der Waals surface area contributed by atoms with Crippen LogP contribution < -0.4 is 16.0 Å². The Kier molecular flexibility index (Phi) is 4.71. The first-order chi connectivity index (χ1) is 13.7. The average molecular weight is 405 g/mol. The van der Waals surface area contributed by atoms with E-state index in [0.717, 1.165) is 54.3 Å². The number of aryl methyl sites for hydroxylation is 2. The summed E-state index contributed by atoms with van der Waals surface area (Å²) >= 11 is 0. The predicted molar refractivity (Wildman–Crippen MR) is 106 cm³/mol. The molecule has 2 aromatic heterocycles. The van der Waals surface area contributed by atoms with Gasteiger partial charge in [0.15, 0.2) is 0 Å². The third kappa shape index (κ3) is 3.66. The van der Waals surface area contributed by atoms with Gasteiger partial charge < -0.3 is 20.5 Å². The Morgan fingerprint density at radius 2 is 1.93 bits per heavy atom. The van der Waals surface area contributed by atoms with Gasteiger partial charge in [-0.3, -0.25) is 0 Å². The highest BCUT2D eigenvalue weighted by molar-refractivity contribution is 5.86. The van der Waals surface area contributed by atoms with E-state index in [2.05, 4.69) is 20.2 Å². The monoisotopic (exact) mass is 405 g/mol. The van der Waals surface area contributed by atoms with Crippen LogP contribution in [-0.4, -0.2) is 38.7 Å². The molecule has 29 heavy (non-hydrogen) atoms. The van der Waals surface area contributed by atoms with Crippen molar-refractivity contribution in [3.63, 3.8) is 0 Å². The van der Waals surface area contributed by atoms with E-state index in [0.29, 0.717) is 12.2 Å². The van der Waals surface area contributed by atoms with Crippen molar-refractivity contribution in [1.29, 1.82) is 0 Å². The first kappa shape index (κ1) is 19.3. The molecule has 0 aliphatic carbocycles. The van der Waals surface area contributed by atoms with Crippen LogP contribution in [0.3, 0.4) is 0 Å². The number of rotatable bonds is 3. The maximum atomic E-state index is 12.7. The fourth-order valence-electron chi connectivity index (χ4n) is 3.69. The zero-order valence-corrected chi connectivity index (χ0v) is 16.2. The Labute approximate surface area is 165 Å². The van der Waals surface area contributed by atoms with Crippen LogP contribution in [0.25, 0.3) is 11.0 Å². The summed E-state index contributed by atoms with van der Waals surface area (Å²) in [4.78, 5) is 14.6. The van der Waals surface area contributed by atoms with E-state index < -0.39 is 11.7 Å². The summed E-state index contributed by atoms with van der Waals surface area (Å²) in [7, 11) is 1.97. The van der Waals surface area contributed by atoms with Gasteiger partial charge in [-0.15, -0.1) is 0 Å². The third-order valence-corrected chi connectivity index (χ3v) is 5.34. The Morgan fingerprint density at radius 3 is 2.62 bits per heavy atom. The topological polar surface area (TPSA) is 84.9 Å². The van der Waals surface area contributed by atoms with Crippen LogP contribution in [0.4, 0.5) is 30.8 Å². The van der Waals surface area contributed by atoms with Crippen molar-refractivity contribution < 1.29 is 13.2 Å². The van der Waals surface area contributed by atoms with Crippen LogP contribution in [0.5, 0.6) is 0 Å². The number of nitrogens with one attached hydrogen (secondary N) is 1. The number of nitrogen functional groups attached to an aromatic ring is 1. The average Bonchev–Trinajstić information content (AvgIpc) is 3.02. The normalized spacial score (nSPS) is 17.7. The highest BCUT2D eigenvalue weighted by Crippen LogP contribution is 2.30. The molecule has 1 fully saturated rings. The first-order valence-electron chi connectivity index (χ1n) is 9.36. The molecular weight excluding hydrogens is 383 g/mol. The summed E-state index contributed by atoms with van der Waals surface area (Å²) in [6, 6.07) is 3.85. The molecule has 1 aromatic carbocycles. The second-order valence-corrected chi connectivity index (χ2v) is 7.34. The second kappa shape index (κ2) is 7.09. The number of halogens is 3. The lowest BCUT2D eigenvalue weighted by Gasteiger charge is -2.33. The molecule has 0 spiro atoms. The lowest BCUT2D eigenvalue weighted by Crippen LogP contribution is -2.43. The summed E-state index contributed by atoms with van der Waals surface area (Å²) in [5.74, 6) is 1.03. The zero-order valence-electron chi connectivity index (χ0n) is 16.2. The van der Waals surface area contributed by atoms with E-state index in [9.17, 15) is 13.2 Å². The lowest BCUT2D eigenvalue weighted by molar-refractivity contribution is -0.138. The van der Waals surface area contributed by atoms with Crippen molar-refractivity contribution in [2.24, 2.45) is 7.05 Å². The van der Waals surface area contributed by atoms with Gasteiger partial charge >= 0.3 is 6.18 Å². The predicted octanol–water partition coefficient (Wildman–Crippen LogP) is 3.35. The minimum atomic E-state index is -4.44. The minimum absolute atomic E-state index is 0.00599. The van der Waals surface area contributed by atoms with Crippen LogP contribution >= 0.6 is 0 Å². The van der Waals surface area contributed by atoms with Gasteiger partial charge in [-0.25, -0.2) is 15.0 Å². The van der Waals surface area contributed by atoms with E-state index in [1.165, 1.54) is 0 Å².